The predicted molar refractivity (Wildman–Crippen MR) is 165 cm³/mol. The Morgan fingerprint density at radius 2 is 1.88 bits per heavy atom. The molecule has 0 saturated carbocycles. The van der Waals surface area contributed by atoms with Crippen LogP contribution in [0.25, 0.3) is 11.5 Å². The lowest BCUT2D eigenvalue weighted by Gasteiger charge is -2.35. The maximum Gasteiger partial charge on any atom is 0.408 e. The van der Waals surface area contributed by atoms with E-state index in [0.717, 1.165) is 28.6 Å². The van der Waals surface area contributed by atoms with Gasteiger partial charge in [0.1, 0.15) is 11.6 Å². The molecule has 1 atom stereocenters. The first-order chi connectivity index (χ1) is 20.4. The molecule has 5 rings (SSSR count). The number of carbonyl (C=O) groups is 2. The summed E-state index contributed by atoms with van der Waals surface area (Å²) in [5.74, 6) is 2.71. The Labute approximate surface area is 263 Å². The summed E-state index contributed by atoms with van der Waals surface area (Å²) in [6.45, 7) is 11.4. The van der Waals surface area contributed by atoms with Gasteiger partial charge in [0.05, 0.1) is 6.33 Å². The number of benzene rings is 1. The summed E-state index contributed by atoms with van der Waals surface area (Å²) in [5, 5.41) is 3.34. The molecular formula is C29H38BrN7O5S. The van der Waals surface area contributed by atoms with E-state index in [1.54, 1.807) is 27.1 Å². The summed E-state index contributed by atoms with van der Waals surface area (Å²) in [5.41, 5.74) is 6.11. The molecule has 2 amide bonds. The van der Waals surface area contributed by atoms with Gasteiger partial charge in [0, 0.05) is 29.0 Å². The number of nitrogens with zero attached hydrogens (tertiary/aromatic N) is 5. The number of nitrogens with one attached hydrogen (secondary N) is 1. The van der Waals surface area contributed by atoms with Crippen LogP contribution in [0.2, 0.25) is 0 Å². The fourth-order valence-electron chi connectivity index (χ4n) is 5.13. The monoisotopic (exact) mass is 675 g/mol. The zero-order chi connectivity index (χ0) is 30.9. The molecule has 1 fully saturated rings. The molecule has 0 unspecified atom stereocenters. The number of hydrogen-bond acceptors (Lipinski definition) is 10. The number of fused-ring (bicyclic) bond motifs is 2. The fraction of sp³-hybridized carbons (Fsp3) is 0.552. The summed E-state index contributed by atoms with van der Waals surface area (Å²) in [7, 11) is 0. The zero-order valence-corrected chi connectivity index (χ0v) is 27.5. The van der Waals surface area contributed by atoms with Crippen LogP contribution in [-0.4, -0.2) is 67.9 Å². The molecule has 0 bridgehead atoms. The number of alkyl carbamates (subject to hydrolysis) is 1. The van der Waals surface area contributed by atoms with Gasteiger partial charge < -0.3 is 34.7 Å². The molecule has 12 nitrogen and oxygen atoms in total. The van der Waals surface area contributed by atoms with Crippen molar-refractivity contribution in [2.24, 2.45) is 11.8 Å². The maximum absolute atomic E-state index is 13.3. The van der Waals surface area contributed by atoms with Crippen molar-refractivity contribution < 1.29 is 23.8 Å². The Bertz CT molecular complexity index is 1450. The Kier molecular flexibility index (Phi) is 9.26. The second kappa shape index (κ2) is 12.8. The van der Waals surface area contributed by atoms with Crippen molar-refractivity contribution >= 4 is 45.5 Å². The van der Waals surface area contributed by atoms with Gasteiger partial charge in [-0.25, -0.2) is 19.7 Å². The van der Waals surface area contributed by atoms with Gasteiger partial charge in [-0.15, -0.1) is 0 Å². The lowest BCUT2D eigenvalue weighted by molar-refractivity contribution is -0.136. The normalized spacial score (nSPS) is 16.1. The van der Waals surface area contributed by atoms with Crippen LogP contribution in [-0.2, 0) is 16.1 Å². The molecule has 1 saturated heterocycles. The van der Waals surface area contributed by atoms with E-state index in [1.165, 1.54) is 11.8 Å². The van der Waals surface area contributed by atoms with Crippen molar-refractivity contribution in [2.75, 3.05) is 25.6 Å². The minimum Gasteiger partial charge on any atom is -0.454 e. The van der Waals surface area contributed by atoms with Gasteiger partial charge in [0.25, 0.3) is 0 Å². The number of rotatable bonds is 8. The summed E-state index contributed by atoms with van der Waals surface area (Å²) in [6.07, 6.45) is 3.80. The molecule has 4 aliphatic rings. The topological polar surface area (TPSA) is 147 Å². The van der Waals surface area contributed by atoms with Gasteiger partial charge >= 0.3 is 6.09 Å². The average Bonchev–Trinajstić information content (AvgIpc) is 3.58. The van der Waals surface area contributed by atoms with Crippen molar-refractivity contribution in [1.29, 1.82) is 0 Å². The number of aryl methyl sites for hydroxylation is 1. The Morgan fingerprint density at radius 3 is 2.56 bits per heavy atom. The molecule has 0 aliphatic carbocycles. The fourth-order valence-corrected chi connectivity index (χ4v) is 6.48. The molecule has 4 aliphatic heterocycles. The Morgan fingerprint density at radius 1 is 1.19 bits per heavy atom. The van der Waals surface area contributed by atoms with Crippen molar-refractivity contribution in [1.82, 2.24) is 29.7 Å². The number of piperidine rings is 1. The number of likely N-dealkylation sites (tertiary alicyclic amines) is 1. The molecule has 43 heavy (non-hydrogen) atoms. The SMILES string of the molecule is CC(C)[C@H](NC(=O)OC(C)(C)C)C(=O)N1CCC(CCn2cnc(N)c3nc(Sc4cc5c(cc4Br)OCO5)nc2-3)CC1. The molecular weight excluding hydrogens is 638 g/mol. The predicted octanol–water partition coefficient (Wildman–Crippen LogP) is 5.18. The smallest absolute Gasteiger partial charge is 0.408 e. The van der Waals surface area contributed by atoms with Gasteiger partial charge in [-0.2, -0.15) is 0 Å². The highest BCUT2D eigenvalue weighted by Gasteiger charge is 2.32. The first-order valence-electron chi connectivity index (χ1n) is 14.4. The zero-order valence-electron chi connectivity index (χ0n) is 25.1. The molecule has 0 radical (unpaired) electrons. The van der Waals surface area contributed by atoms with E-state index >= 15 is 0 Å². The van der Waals surface area contributed by atoms with E-state index in [4.69, 9.17) is 24.9 Å². The van der Waals surface area contributed by atoms with Crippen LogP contribution in [0.3, 0.4) is 0 Å². The van der Waals surface area contributed by atoms with Crippen molar-refractivity contribution in [2.45, 2.75) is 82.1 Å². The number of anilines is 1. The third kappa shape index (κ3) is 7.46. The highest BCUT2D eigenvalue weighted by Crippen LogP contribution is 2.43. The van der Waals surface area contributed by atoms with Crippen LogP contribution in [0.5, 0.6) is 11.5 Å². The number of halogens is 1. The molecule has 4 heterocycles. The minimum atomic E-state index is -0.630. The van der Waals surface area contributed by atoms with Crippen LogP contribution in [0.15, 0.2) is 33.0 Å². The van der Waals surface area contributed by atoms with Crippen molar-refractivity contribution in [3.05, 3.63) is 22.9 Å². The lowest BCUT2D eigenvalue weighted by atomic mass is 9.92. The van der Waals surface area contributed by atoms with Crippen LogP contribution >= 0.6 is 27.7 Å². The van der Waals surface area contributed by atoms with Crippen LogP contribution in [0, 0.1) is 11.8 Å². The van der Waals surface area contributed by atoms with Gasteiger partial charge in [-0.05, 0) is 91.7 Å². The highest BCUT2D eigenvalue weighted by molar-refractivity contribution is 9.10. The highest BCUT2D eigenvalue weighted by atomic mass is 79.9. The third-order valence-corrected chi connectivity index (χ3v) is 9.25. The largest absolute Gasteiger partial charge is 0.454 e. The molecule has 1 aromatic carbocycles. The molecule has 1 aromatic rings. The summed E-state index contributed by atoms with van der Waals surface area (Å²) < 4.78 is 19.2. The third-order valence-electron chi connectivity index (χ3n) is 7.41. The Hall–Kier alpha value is -3.26. The van der Waals surface area contributed by atoms with Crippen LogP contribution in [0.4, 0.5) is 10.6 Å². The first-order valence-corrected chi connectivity index (χ1v) is 16.0. The minimum absolute atomic E-state index is 0.0607. The lowest BCUT2D eigenvalue weighted by Crippen LogP contribution is -2.53. The second-order valence-corrected chi connectivity index (χ2v) is 14.0. The van der Waals surface area contributed by atoms with E-state index in [1.807, 2.05) is 35.4 Å². The van der Waals surface area contributed by atoms with Gasteiger partial charge in [-0.1, -0.05) is 13.8 Å². The van der Waals surface area contributed by atoms with E-state index in [0.29, 0.717) is 59.5 Å². The number of hydrogen-bond donors (Lipinski definition) is 2. The van der Waals surface area contributed by atoms with Crippen molar-refractivity contribution in [3.8, 4) is 23.0 Å². The van der Waals surface area contributed by atoms with Crippen molar-refractivity contribution in [3.63, 3.8) is 0 Å². The number of nitrogen functional groups attached to an aromatic ring is 1. The summed E-state index contributed by atoms with van der Waals surface area (Å²) >= 11 is 5.00. The standard InChI is InChI=1S/C29H38BrN7O5S/c1-16(2)22(34-28(39)42-29(3,4)5)26(38)36-9-6-17(7-10-36)8-11-37-14-32-24(31)23-25(37)35-27(33-23)43-21-13-20-19(12-18(21)30)40-15-41-20/h12-14,16-17,22H,6-11,15,31H2,1-5H3,(H,34,39)/t22-/m0/s1. The summed E-state index contributed by atoms with van der Waals surface area (Å²) in [4.78, 5) is 42.2. The van der Waals surface area contributed by atoms with Crippen LogP contribution in [0.1, 0.15) is 53.9 Å². The number of amides is 2. The van der Waals surface area contributed by atoms with E-state index < -0.39 is 17.7 Å². The molecule has 14 heteroatoms. The number of carbonyl (C=O) groups excluding carboxylic acids is 2. The number of imidazole rings is 1. The molecule has 3 N–H and O–H groups in total. The number of ether oxygens (including phenoxy) is 3. The quantitative estimate of drug-likeness (QED) is 0.327. The first kappa shape index (κ1) is 31.2. The van der Waals surface area contributed by atoms with Gasteiger partial charge in [-0.3, -0.25) is 4.79 Å². The Balaban J connectivity index is 1.18. The number of aromatic nitrogens is 4. The second-order valence-electron chi connectivity index (χ2n) is 12.2. The van der Waals surface area contributed by atoms with E-state index in [9.17, 15) is 9.59 Å². The van der Waals surface area contributed by atoms with E-state index in [-0.39, 0.29) is 18.6 Å². The average molecular weight is 677 g/mol. The molecule has 232 valence electrons. The van der Waals surface area contributed by atoms with Crippen LogP contribution < -0.4 is 20.5 Å². The molecule has 0 aromatic heterocycles. The van der Waals surface area contributed by atoms with Gasteiger partial charge in [0.2, 0.25) is 12.7 Å². The summed E-state index contributed by atoms with van der Waals surface area (Å²) in [6, 6.07) is 3.15. The maximum atomic E-state index is 13.3. The van der Waals surface area contributed by atoms with Gasteiger partial charge in [0.15, 0.2) is 34.0 Å². The number of nitrogens with two attached hydrogens (primary N) is 1. The molecule has 0 spiro atoms. The van der Waals surface area contributed by atoms with E-state index in [2.05, 4.69) is 31.2 Å².